The molecule has 0 aromatic heterocycles. The molecule has 0 bridgehead atoms. The highest BCUT2D eigenvalue weighted by molar-refractivity contribution is 5.48. The smallest absolute Gasteiger partial charge is 0.311 e. The van der Waals surface area contributed by atoms with Crippen molar-refractivity contribution in [2.24, 2.45) is 5.73 Å². The minimum Gasteiger partial charge on any atom is -0.502 e. The summed E-state index contributed by atoms with van der Waals surface area (Å²) in [6.45, 7) is -0.0875. The standard InChI is InChI=1S/C9H12N2O4/c10-7(3-4-12)6-1-2-9(13)8(5-6)11(14)15/h1-2,5,7,12-13H,3-4,10H2/t7-/m0/s1. The summed E-state index contributed by atoms with van der Waals surface area (Å²) in [6, 6.07) is 3.48. The van der Waals surface area contributed by atoms with Gasteiger partial charge < -0.3 is 15.9 Å². The van der Waals surface area contributed by atoms with Gasteiger partial charge in [-0.05, 0) is 18.1 Å². The molecule has 0 aliphatic carbocycles. The number of benzene rings is 1. The lowest BCUT2D eigenvalue weighted by molar-refractivity contribution is -0.385. The second kappa shape index (κ2) is 4.72. The summed E-state index contributed by atoms with van der Waals surface area (Å²) < 4.78 is 0. The molecule has 6 nitrogen and oxygen atoms in total. The molecule has 0 saturated heterocycles. The van der Waals surface area contributed by atoms with Crippen LogP contribution in [-0.2, 0) is 0 Å². The largest absolute Gasteiger partial charge is 0.502 e. The fraction of sp³-hybridized carbons (Fsp3) is 0.333. The first kappa shape index (κ1) is 11.4. The molecule has 0 unspecified atom stereocenters. The van der Waals surface area contributed by atoms with Crippen LogP contribution in [0, 0.1) is 10.1 Å². The summed E-state index contributed by atoms with van der Waals surface area (Å²) in [7, 11) is 0. The van der Waals surface area contributed by atoms with Gasteiger partial charge in [-0.15, -0.1) is 0 Å². The highest BCUT2D eigenvalue weighted by atomic mass is 16.6. The Morgan fingerprint density at radius 3 is 2.73 bits per heavy atom. The zero-order chi connectivity index (χ0) is 11.4. The van der Waals surface area contributed by atoms with Gasteiger partial charge >= 0.3 is 5.69 Å². The van der Waals surface area contributed by atoms with Gasteiger partial charge in [0.1, 0.15) is 0 Å². The molecular weight excluding hydrogens is 200 g/mol. The van der Waals surface area contributed by atoms with Gasteiger partial charge in [0, 0.05) is 18.7 Å². The third-order valence-electron chi connectivity index (χ3n) is 2.06. The lowest BCUT2D eigenvalue weighted by atomic mass is 10.0. The van der Waals surface area contributed by atoms with Crippen molar-refractivity contribution in [3.05, 3.63) is 33.9 Å². The molecule has 1 aromatic carbocycles. The number of hydrogen-bond donors (Lipinski definition) is 3. The maximum atomic E-state index is 10.5. The number of nitro benzene ring substituents is 1. The minimum absolute atomic E-state index is 0.0875. The normalized spacial score (nSPS) is 12.4. The van der Waals surface area contributed by atoms with Crippen LogP contribution >= 0.6 is 0 Å². The first-order chi connectivity index (χ1) is 7.06. The van der Waals surface area contributed by atoms with Crippen LogP contribution in [0.2, 0.25) is 0 Å². The summed E-state index contributed by atoms with van der Waals surface area (Å²) in [5.74, 6) is -0.389. The molecule has 6 heteroatoms. The molecular formula is C9H12N2O4. The van der Waals surface area contributed by atoms with Gasteiger partial charge in [0.05, 0.1) is 4.92 Å². The summed E-state index contributed by atoms with van der Waals surface area (Å²) in [5.41, 5.74) is 5.81. The molecule has 0 radical (unpaired) electrons. The number of aliphatic hydroxyl groups is 1. The van der Waals surface area contributed by atoms with E-state index in [1.54, 1.807) is 0 Å². The minimum atomic E-state index is -0.676. The fourth-order valence-electron chi connectivity index (χ4n) is 1.22. The highest BCUT2D eigenvalue weighted by Gasteiger charge is 2.16. The van der Waals surface area contributed by atoms with Gasteiger partial charge in [0.15, 0.2) is 5.75 Å². The quantitative estimate of drug-likeness (QED) is 0.502. The molecule has 0 amide bonds. The number of rotatable bonds is 4. The molecule has 0 aliphatic heterocycles. The molecule has 4 N–H and O–H groups in total. The molecule has 0 spiro atoms. The van der Waals surface area contributed by atoms with E-state index in [9.17, 15) is 15.2 Å². The number of nitrogens with two attached hydrogens (primary N) is 1. The molecule has 1 aromatic rings. The van der Waals surface area contributed by atoms with Crippen molar-refractivity contribution in [3.8, 4) is 5.75 Å². The predicted molar refractivity (Wildman–Crippen MR) is 53.4 cm³/mol. The molecule has 0 saturated carbocycles. The van der Waals surface area contributed by atoms with Crippen molar-refractivity contribution >= 4 is 5.69 Å². The van der Waals surface area contributed by atoms with Crippen molar-refractivity contribution in [1.29, 1.82) is 0 Å². The third-order valence-corrected chi connectivity index (χ3v) is 2.06. The second-order valence-electron chi connectivity index (χ2n) is 3.12. The Bertz CT molecular complexity index is 367. The van der Waals surface area contributed by atoms with E-state index in [1.807, 2.05) is 0 Å². The van der Waals surface area contributed by atoms with Gasteiger partial charge in [-0.2, -0.15) is 0 Å². The van der Waals surface area contributed by atoms with Crippen LogP contribution in [-0.4, -0.2) is 21.7 Å². The molecule has 0 heterocycles. The number of aliphatic hydroxyl groups excluding tert-OH is 1. The maximum Gasteiger partial charge on any atom is 0.311 e. The Morgan fingerprint density at radius 1 is 1.53 bits per heavy atom. The lowest BCUT2D eigenvalue weighted by Gasteiger charge is -2.09. The van der Waals surface area contributed by atoms with Crippen molar-refractivity contribution in [3.63, 3.8) is 0 Å². The van der Waals surface area contributed by atoms with E-state index in [4.69, 9.17) is 10.8 Å². The van der Waals surface area contributed by atoms with Crippen molar-refractivity contribution < 1.29 is 15.1 Å². The Hall–Kier alpha value is -1.66. The molecule has 15 heavy (non-hydrogen) atoms. The van der Waals surface area contributed by atoms with Crippen LogP contribution < -0.4 is 5.73 Å². The highest BCUT2D eigenvalue weighted by Crippen LogP contribution is 2.28. The summed E-state index contributed by atoms with van der Waals surface area (Å²) in [4.78, 5) is 9.83. The third kappa shape index (κ3) is 2.64. The molecule has 0 aliphatic rings. The van der Waals surface area contributed by atoms with Crippen LogP contribution in [0.4, 0.5) is 5.69 Å². The number of hydrogen-bond acceptors (Lipinski definition) is 5. The molecule has 82 valence electrons. The van der Waals surface area contributed by atoms with E-state index in [2.05, 4.69) is 0 Å². The average molecular weight is 212 g/mol. The summed E-state index contributed by atoms with van der Waals surface area (Å²) in [5, 5.41) is 28.4. The molecule has 1 atom stereocenters. The number of phenolic OH excluding ortho intramolecular Hbond substituents is 1. The Labute approximate surface area is 86.1 Å². The molecule has 1 rings (SSSR count). The Morgan fingerprint density at radius 2 is 2.20 bits per heavy atom. The van der Waals surface area contributed by atoms with Gasteiger partial charge in [-0.25, -0.2) is 0 Å². The fourth-order valence-corrected chi connectivity index (χ4v) is 1.22. The SMILES string of the molecule is N[C@@H](CCO)c1ccc(O)c([N+](=O)[O-])c1. The van der Waals surface area contributed by atoms with E-state index in [0.717, 1.165) is 0 Å². The summed E-state index contributed by atoms with van der Waals surface area (Å²) >= 11 is 0. The second-order valence-corrected chi connectivity index (χ2v) is 3.12. The van der Waals surface area contributed by atoms with Gasteiger partial charge in [0.2, 0.25) is 0 Å². The van der Waals surface area contributed by atoms with Crippen LogP contribution in [0.5, 0.6) is 5.75 Å². The van der Waals surface area contributed by atoms with Crippen LogP contribution in [0.1, 0.15) is 18.0 Å². The van der Waals surface area contributed by atoms with Crippen molar-refractivity contribution in [1.82, 2.24) is 0 Å². The monoisotopic (exact) mass is 212 g/mol. The van der Waals surface area contributed by atoms with E-state index in [0.29, 0.717) is 12.0 Å². The van der Waals surface area contributed by atoms with E-state index in [1.165, 1.54) is 18.2 Å². The number of aromatic hydroxyl groups is 1. The van der Waals surface area contributed by atoms with Crippen molar-refractivity contribution in [2.45, 2.75) is 12.5 Å². The Balaban J connectivity index is 3.02. The first-order valence-corrected chi connectivity index (χ1v) is 4.40. The number of nitrogens with zero attached hydrogens (tertiary/aromatic N) is 1. The van der Waals surface area contributed by atoms with Gasteiger partial charge in [-0.3, -0.25) is 10.1 Å². The lowest BCUT2D eigenvalue weighted by Crippen LogP contribution is -2.12. The maximum absolute atomic E-state index is 10.5. The van der Waals surface area contributed by atoms with Gasteiger partial charge in [-0.1, -0.05) is 6.07 Å². The topological polar surface area (TPSA) is 110 Å². The number of phenols is 1. The van der Waals surface area contributed by atoms with E-state index < -0.39 is 11.0 Å². The zero-order valence-electron chi connectivity index (χ0n) is 7.96. The van der Waals surface area contributed by atoms with Crippen molar-refractivity contribution in [2.75, 3.05) is 6.61 Å². The van der Waals surface area contributed by atoms with Gasteiger partial charge in [0.25, 0.3) is 0 Å². The van der Waals surface area contributed by atoms with Crippen LogP contribution in [0.25, 0.3) is 0 Å². The predicted octanol–water partition coefficient (Wildman–Crippen LogP) is 0.683. The van der Waals surface area contributed by atoms with Crippen LogP contribution in [0.15, 0.2) is 18.2 Å². The first-order valence-electron chi connectivity index (χ1n) is 4.40. The number of nitro groups is 1. The van der Waals surface area contributed by atoms with E-state index in [-0.39, 0.29) is 18.0 Å². The molecule has 0 fully saturated rings. The zero-order valence-corrected chi connectivity index (χ0v) is 7.96. The Kier molecular flexibility index (Phi) is 3.59. The summed E-state index contributed by atoms with van der Waals surface area (Å²) in [6.07, 6.45) is 0.321. The average Bonchev–Trinajstić information content (AvgIpc) is 2.18. The van der Waals surface area contributed by atoms with E-state index >= 15 is 0 Å². The van der Waals surface area contributed by atoms with Crippen LogP contribution in [0.3, 0.4) is 0 Å².